The van der Waals surface area contributed by atoms with Crippen LogP contribution in [0.3, 0.4) is 0 Å². The molecule has 0 nitrogen and oxygen atoms in total. The van der Waals surface area contributed by atoms with Crippen molar-refractivity contribution in [3.8, 4) is 0 Å². The van der Waals surface area contributed by atoms with E-state index in [1.54, 1.807) is 0 Å². The van der Waals surface area contributed by atoms with Crippen LogP contribution in [0.2, 0.25) is 0 Å². The molecule has 0 aromatic carbocycles. The van der Waals surface area contributed by atoms with Gasteiger partial charge in [-0.3, -0.25) is 0 Å². The lowest BCUT2D eigenvalue weighted by molar-refractivity contribution is 0.429. The maximum absolute atomic E-state index is 2.51. The molecule has 0 heteroatoms. The van der Waals surface area contributed by atoms with Crippen LogP contribution in [0.4, 0.5) is 0 Å². The van der Waals surface area contributed by atoms with Crippen molar-refractivity contribution in [1.82, 2.24) is 0 Å². The van der Waals surface area contributed by atoms with Crippen molar-refractivity contribution in [3.05, 3.63) is 12.8 Å². The van der Waals surface area contributed by atoms with E-state index in [4.69, 9.17) is 0 Å². The van der Waals surface area contributed by atoms with E-state index >= 15 is 0 Å². The highest BCUT2D eigenvalue weighted by Crippen LogP contribution is 2.26. The van der Waals surface area contributed by atoms with Crippen LogP contribution in [0.1, 0.15) is 39.5 Å². The smallest absolute Gasteiger partial charge is 0.0352 e. The molecule has 0 aromatic rings. The zero-order chi connectivity index (χ0) is 7.40. The zero-order valence-electron chi connectivity index (χ0n) is 7.14. The summed E-state index contributed by atoms with van der Waals surface area (Å²) in [5.74, 6) is 1.71. The van der Waals surface area contributed by atoms with Gasteiger partial charge >= 0.3 is 0 Å². The van der Waals surface area contributed by atoms with Crippen molar-refractivity contribution >= 4 is 0 Å². The normalized spacial score (nSPS) is 23.1. The molecule has 1 aliphatic rings. The maximum atomic E-state index is 2.51. The van der Waals surface area contributed by atoms with Gasteiger partial charge in [-0.25, -0.2) is 0 Å². The summed E-state index contributed by atoms with van der Waals surface area (Å²) in [5, 5.41) is 0. The van der Waals surface area contributed by atoms with Crippen LogP contribution in [-0.4, -0.2) is 0 Å². The summed E-state index contributed by atoms with van der Waals surface area (Å²) in [6.45, 7) is 4.64. The van der Waals surface area contributed by atoms with Gasteiger partial charge in [-0.2, -0.15) is 0 Å². The molecular weight excluding hydrogens is 120 g/mol. The van der Waals surface area contributed by atoms with E-state index < -0.39 is 0 Å². The first-order valence-corrected chi connectivity index (χ1v) is 4.45. The second kappa shape index (κ2) is 4.00. The van der Waals surface area contributed by atoms with Gasteiger partial charge in [0.25, 0.3) is 0 Å². The highest BCUT2D eigenvalue weighted by molar-refractivity contribution is 4.87. The Bertz CT molecular complexity index is 76.0. The molecule has 0 heterocycles. The van der Waals surface area contributed by atoms with Gasteiger partial charge in [-0.05, 0) is 37.5 Å². The predicted octanol–water partition coefficient (Wildman–Crippen LogP) is 3.24. The molecule has 1 rings (SSSR count). The highest BCUT2D eigenvalue weighted by atomic mass is 14.2. The van der Waals surface area contributed by atoms with E-state index in [9.17, 15) is 0 Å². The van der Waals surface area contributed by atoms with Gasteiger partial charge in [0, 0.05) is 0 Å². The van der Waals surface area contributed by atoms with Crippen molar-refractivity contribution in [1.29, 1.82) is 0 Å². The van der Waals surface area contributed by atoms with Crippen LogP contribution in [-0.2, 0) is 0 Å². The fourth-order valence-corrected chi connectivity index (χ4v) is 1.54. The summed E-state index contributed by atoms with van der Waals surface area (Å²) in [4.78, 5) is 0. The van der Waals surface area contributed by atoms with Crippen molar-refractivity contribution in [2.45, 2.75) is 39.5 Å². The molecule has 0 spiro atoms. The lowest BCUT2D eigenvalue weighted by Crippen LogP contribution is -2.07. The first-order valence-electron chi connectivity index (χ1n) is 4.45. The molecule has 1 unspecified atom stereocenters. The maximum Gasteiger partial charge on any atom is -0.0352 e. The molecule has 1 saturated carbocycles. The van der Waals surface area contributed by atoms with Gasteiger partial charge in [0.1, 0.15) is 0 Å². The molecule has 10 heavy (non-hydrogen) atoms. The Morgan fingerprint density at radius 3 is 2.80 bits per heavy atom. The van der Waals surface area contributed by atoms with Crippen LogP contribution < -0.4 is 0 Å². The molecule has 0 aliphatic heterocycles. The number of hydrogen-bond donors (Lipinski definition) is 0. The molecule has 0 aromatic heterocycles. The zero-order valence-corrected chi connectivity index (χ0v) is 7.14. The van der Waals surface area contributed by atoms with E-state index in [2.05, 4.69) is 26.7 Å². The van der Waals surface area contributed by atoms with Crippen molar-refractivity contribution in [2.75, 3.05) is 0 Å². The molecule has 58 valence electrons. The Hall–Kier alpha value is 0. The third-order valence-corrected chi connectivity index (χ3v) is 2.38. The van der Waals surface area contributed by atoms with Crippen molar-refractivity contribution in [3.63, 3.8) is 0 Å². The third-order valence-electron chi connectivity index (χ3n) is 2.38. The summed E-state index contributed by atoms with van der Waals surface area (Å²) in [6, 6.07) is 0. The molecule has 0 bridgehead atoms. The summed E-state index contributed by atoms with van der Waals surface area (Å²) in [7, 11) is 0. The van der Waals surface area contributed by atoms with Crippen LogP contribution in [0, 0.1) is 24.7 Å². The standard InChI is InChI=1S/C10H18/c1-9(2)10-7-5-3-4-6-8-10/h5,8-10H,3-4,6-7H2,1-2H3. The summed E-state index contributed by atoms with van der Waals surface area (Å²) in [5.41, 5.74) is 0. The van der Waals surface area contributed by atoms with E-state index in [1.807, 2.05) is 0 Å². The number of rotatable bonds is 1. The average molecular weight is 138 g/mol. The Balaban J connectivity index is 2.28. The minimum Gasteiger partial charge on any atom is -0.0625 e. The second-order valence-corrected chi connectivity index (χ2v) is 3.60. The molecule has 1 fully saturated rings. The summed E-state index contributed by atoms with van der Waals surface area (Å²) in [6.07, 6.45) is 10.3. The van der Waals surface area contributed by atoms with Gasteiger partial charge < -0.3 is 0 Å². The topological polar surface area (TPSA) is 0 Å². The molecule has 2 radical (unpaired) electrons. The Morgan fingerprint density at radius 2 is 2.10 bits per heavy atom. The molecular formula is C10H18. The fourth-order valence-electron chi connectivity index (χ4n) is 1.54. The average Bonchev–Trinajstić information content (AvgIpc) is 2.12. The minimum atomic E-state index is 0.842. The largest absolute Gasteiger partial charge is 0.0625 e. The third kappa shape index (κ3) is 2.32. The van der Waals surface area contributed by atoms with E-state index in [-0.39, 0.29) is 0 Å². The fraction of sp³-hybridized carbons (Fsp3) is 0.800. The molecule has 1 atom stereocenters. The lowest BCUT2D eigenvalue weighted by Gasteiger charge is -2.16. The van der Waals surface area contributed by atoms with Crippen LogP contribution in [0.25, 0.3) is 0 Å². The van der Waals surface area contributed by atoms with E-state index in [1.165, 1.54) is 25.7 Å². The second-order valence-electron chi connectivity index (χ2n) is 3.60. The van der Waals surface area contributed by atoms with Crippen molar-refractivity contribution < 1.29 is 0 Å². The summed E-state index contributed by atoms with van der Waals surface area (Å²) >= 11 is 0. The van der Waals surface area contributed by atoms with Gasteiger partial charge in [-0.15, -0.1) is 0 Å². The minimum absolute atomic E-state index is 0.842. The van der Waals surface area contributed by atoms with Gasteiger partial charge in [-0.1, -0.05) is 26.7 Å². The van der Waals surface area contributed by atoms with Gasteiger partial charge in [0.15, 0.2) is 0 Å². The van der Waals surface area contributed by atoms with Crippen LogP contribution >= 0.6 is 0 Å². The van der Waals surface area contributed by atoms with E-state index in [0.29, 0.717) is 0 Å². The molecule has 1 aliphatic carbocycles. The van der Waals surface area contributed by atoms with Crippen LogP contribution in [0.15, 0.2) is 0 Å². The quantitative estimate of drug-likeness (QED) is 0.488. The van der Waals surface area contributed by atoms with Crippen LogP contribution in [0.5, 0.6) is 0 Å². The monoisotopic (exact) mass is 138 g/mol. The first kappa shape index (κ1) is 8.10. The predicted molar refractivity (Wildman–Crippen MR) is 45.4 cm³/mol. The molecule has 0 saturated heterocycles. The molecule has 0 amide bonds. The first-order chi connectivity index (χ1) is 4.80. The van der Waals surface area contributed by atoms with Gasteiger partial charge in [0.2, 0.25) is 0 Å². The Labute approximate surface area is 65.0 Å². The molecule has 0 N–H and O–H groups in total. The van der Waals surface area contributed by atoms with Gasteiger partial charge in [0.05, 0.1) is 0 Å². The SMILES string of the molecule is CC(C)C1[CH]CCC[CH]C1. The van der Waals surface area contributed by atoms with Crippen molar-refractivity contribution in [2.24, 2.45) is 11.8 Å². The highest BCUT2D eigenvalue weighted by Gasteiger charge is 2.15. The Morgan fingerprint density at radius 1 is 1.30 bits per heavy atom. The number of hydrogen-bond acceptors (Lipinski definition) is 0. The van der Waals surface area contributed by atoms with E-state index in [0.717, 1.165) is 11.8 Å². The Kier molecular flexibility index (Phi) is 3.24. The lowest BCUT2D eigenvalue weighted by atomic mass is 9.89. The summed E-state index contributed by atoms with van der Waals surface area (Å²) < 4.78 is 0.